The number of epoxide rings is 1. The number of likely N-dealkylation sites (N-methyl/N-ethyl adjacent to an activating group) is 1. The van der Waals surface area contributed by atoms with Gasteiger partial charge in [0.05, 0.1) is 24.9 Å². The van der Waals surface area contributed by atoms with Crippen molar-refractivity contribution < 1.29 is 43.3 Å². The number of carbonyl (C=O) groups is 3. The monoisotopic (exact) mass is 910 g/mol. The highest BCUT2D eigenvalue weighted by molar-refractivity contribution is 5.96. The SMILES string of the molecule is CCCCCC1(CCCCC)OC2C3CC4(C(=O)N(C)C(Cc5ccccc5)C(=O)NCCO)C(ON(Cc5cccc(C=C6CCC7OC7(C)CCC7C6CC7(C)C)c5)C4C(=O)O3)C2O1. The maximum atomic E-state index is 15.8. The summed E-state index contributed by atoms with van der Waals surface area (Å²) < 4.78 is 26.8. The standard InChI is InChI=1S/C54H75N3O9/c1-7-9-14-24-53(25-15-10-8-2)64-44-42-33-54(50(61)56(6)41(48(59)55-27-28-58)31-35-17-12-11-13-18-35)46(49(60)62-42)57(66-47(54)45(44)65-53)34-37-20-16-19-36(29-37)30-38-21-22-43-52(5,63-43)26-23-40-39(38)32-51(40,3)4/h11-13,16-20,29-30,39-47,58H,7-10,14-15,21-28,31-34H2,1-6H3,(H,55,59). The number of fused-ring (bicyclic) bond motifs is 6. The first-order valence-electron chi connectivity index (χ1n) is 25.4. The van der Waals surface area contributed by atoms with Gasteiger partial charge < -0.3 is 34.3 Å². The molecule has 0 spiro atoms. The molecule has 2 aromatic carbocycles. The van der Waals surface area contributed by atoms with Crippen LogP contribution in [-0.4, -0.2) is 107 Å². The average Bonchev–Trinajstić information content (AvgIpc) is 3.58. The molecule has 4 saturated heterocycles. The molecule has 9 rings (SSSR count). The lowest BCUT2D eigenvalue weighted by molar-refractivity contribution is -0.225. The van der Waals surface area contributed by atoms with Crippen molar-refractivity contribution >= 4 is 23.9 Å². The topological polar surface area (TPSA) is 139 Å². The van der Waals surface area contributed by atoms with Crippen molar-refractivity contribution in [2.24, 2.45) is 22.7 Å². The highest BCUT2D eigenvalue weighted by Crippen LogP contribution is 2.61. The molecular formula is C54H75N3O9. The summed E-state index contributed by atoms with van der Waals surface area (Å²) >= 11 is 0. The van der Waals surface area contributed by atoms with E-state index < -0.39 is 53.7 Å². The van der Waals surface area contributed by atoms with Crippen molar-refractivity contribution in [3.8, 4) is 0 Å². The molecule has 12 heteroatoms. The number of unbranched alkanes of at least 4 members (excludes halogenated alkanes) is 4. The van der Waals surface area contributed by atoms with Gasteiger partial charge in [-0.2, -0.15) is 5.06 Å². The molecule has 2 bridgehead atoms. The Balaban J connectivity index is 1.06. The molecule has 2 N–H and O–H groups in total. The first-order valence-corrected chi connectivity index (χ1v) is 25.4. The van der Waals surface area contributed by atoms with E-state index in [2.05, 4.69) is 70.3 Å². The molecule has 11 atom stereocenters. The van der Waals surface area contributed by atoms with Gasteiger partial charge in [0.25, 0.3) is 0 Å². The molecule has 7 aliphatic rings. The number of ether oxygens (including phenoxy) is 4. The summed E-state index contributed by atoms with van der Waals surface area (Å²) in [6.45, 7) is 11.5. The first kappa shape index (κ1) is 47.4. The maximum absolute atomic E-state index is 15.8. The first-order chi connectivity index (χ1) is 31.7. The van der Waals surface area contributed by atoms with E-state index in [1.54, 1.807) is 12.1 Å². The van der Waals surface area contributed by atoms with E-state index in [4.69, 9.17) is 23.8 Å². The number of nitrogens with zero attached hydrogens (tertiary/aromatic N) is 2. The highest BCUT2D eigenvalue weighted by Gasteiger charge is 2.77. The molecule has 3 saturated carbocycles. The minimum atomic E-state index is -1.45. The van der Waals surface area contributed by atoms with Gasteiger partial charge in [-0.15, -0.1) is 0 Å². The molecule has 66 heavy (non-hydrogen) atoms. The lowest BCUT2D eigenvalue weighted by Crippen LogP contribution is -2.70. The predicted molar refractivity (Wildman–Crippen MR) is 250 cm³/mol. The van der Waals surface area contributed by atoms with E-state index >= 15 is 4.79 Å². The molecule has 360 valence electrons. The average molecular weight is 910 g/mol. The second kappa shape index (κ2) is 19.0. The maximum Gasteiger partial charge on any atom is 0.327 e. The zero-order chi connectivity index (χ0) is 46.4. The van der Waals surface area contributed by atoms with Gasteiger partial charge in [-0.05, 0) is 85.8 Å². The largest absolute Gasteiger partial charge is 0.458 e. The van der Waals surface area contributed by atoms with E-state index in [0.717, 1.165) is 74.5 Å². The van der Waals surface area contributed by atoms with E-state index in [1.807, 2.05) is 30.3 Å². The number of esters is 1. The number of allylic oxidation sites excluding steroid dienone is 1. The van der Waals surface area contributed by atoms with Gasteiger partial charge in [0.2, 0.25) is 11.8 Å². The van der Waals surface area contributed by atoms with Crippen LogP contribution in [0.5, 0.6) is 0 Å². The summed E-state index contributed by atoms with van der Waals surface area (Å²) in [6, 6.07) is 16.0. The van der Waals surface area contributed by atoms with Gasteiger partial charge in [-0.3, -0.25) is 19.2 Å². The number of amides is 2. The van der Waals surface area contributed by atoms with E-state index in [0.29, 0.717) is 36.2 Å². The molecule has 2 aromatic rings. The Hall–Kier alpha value is -3.65. The lowest BCUT2D eigenvalue weighted by Gasteiger charge is -2.53. The number of rotatable bonds is 18. The zero-order valence-corrected chi connectivity index (χ0v) is 40.3. The van der Waals surface area contributed by atoms with Crippen LogP contribution in [0.4, 0.5) is 0 Å². The number of carbonyl (C=O) groups excluding carboxylic acids is 3. The third-order valence-electron chi connectivity index (χ3n) is 16.8. The minimum Gasteiger partial charge on any atom is -0.458 e. The minimum absolute atomic E-state index is 0.0166. The van der Waals surface area contributed by atoms with Crippen molar-refractivity contribution in [3.63, 3.8) is 0 Å². The Bertz CT molecular complexity index is 2100. The molecule has 0 aromatic heterocycles. The van der Waals surface area contributed by atoms with Gasteiger partial charge in [0, 0.05) is 39.3 Å². The number of aliphatic hydroxyl groups is 1. The molecule has 4 aliphatic heterocycles. The van der Waals surface area contributed by atoms with Crippen molar-refractivity contribution in [1.29, 1.82) is 0 Å². The summed E-state index contributed by atoms with van der Waals surface area (Å²) in [5.74, 6) is -1.02. The molecule has 4 heterocycles. The van der Waals surface area contributed by atoms with Crippen molar-refractivity contribution in [3.05, 3.63) is 76.9 Å². The van der Waals surface area contributed by atoms with E-state index in [9.17, 15) is 14.7 Å². The van der Waals surface area contributed by atoms with Crippen LogP contribution in [-0.2, 0) is 51.1 Å². The van der Waals surface area contributed by atoms with Gasteiger partial charge in [0.15, 0.2) is 11.8 Å². The number of hydrogen-bond acceptors (Lipinski definition) is 10. The molecule has 0 radical (unpaired) electrons. The fraction of sp³-hybridized carbons (Fsp3) is 0.685. The van der Waals surface area contributed by atoms with Gasteiger partial charge in [0.1, 0.15) is 35.9 Å². The van der Waals surface area contributed by atoms with Crippen LogP contribution in [0.2, 0.25) is 0 Å². The number of hydrogen-bond donors (Lipinski definition) is 2. The van der Waals surface area contributed by atoms with Gasteiger partial charge >= 0.3 is 5.97 Å². The number of hydroxylamine groups is 2. The molecular weight excluding hydrogens is 835 g/mol. The van der Waals surface area contributed by atoms with Crippen LogP contribution in [0.25, 0.3) is 6.08 Å². The summed E-state index contributed by atoms with van der Waals surface area (Å²) in [7, 11) is 1.65. The Morgan fingerprint density at radius 2 is 1.65 bits per heavy atom. The zero-order valence-electron chi connectivity index (χ0n) is 40.3. The van der Waals surface area contributed by atoms with Crippen LogP contribution < -0.4 is 5.32 Å². The normalized spacial score (nSPS) is 34.7. The summed E-state index contributed by atoms with van der Waals surface area (Å²) in [4.78, 5) is 53.1. The molecule has 3 aliphatic carbocycles. The second-order valence-electron chi connectivity index (χ2n) is 21.7. The third kappa shape index (κ3) is 8.92. The number of aliphatic hydroxyl groups excluding tert-OH is 1. The Morgan fingerprint density at radius 3 is 2.36 bits per heavy atom. The Kier molecular flexibility index (Phi) is 13.7. The lowest BCUT2D eigenvalue weighted by atomic mass is 9.52. The molecule has 2 amide bonds. The van der Waals surface area contributed by atoms with Crippen molar-refractivity contribution in [2.75, 3.05) is 20.2 Å². The Labute approximate surface area is 392 Å². The highest BCUT2D eigenvalue weighted by atomic mass is 16.8. The Morgan fingerprint density at radius 1 is 0.924 bits per heavy atom. The van der Waals surface area contributed by atoms with Crippen LogP contribution in [0.1, 0.15) is 141 Å². The summed E-state index contributed by atoms with van der Waals surface area (Å²) in [6.07, 6.45) is 13.1. The van der Waals surface area contributed by atoms with Crippen LogP contribution in [0, 0.1) is 22.7 Å². The van der Waals surface area contributed by atoms with Crippen LogP contribution in [0.3, 0.4) is 0 Å². The fourth-order valence-corrected chi connectivity index (χ4v) is 13.1. The number of nitrogens with one attached hydrogen (secondary N) is 1. The third-order valence-corrected chi connectivity index (χ3v) is 16.8. The van der Waals surface area contributed by atoms with Gasteiger partial charge in [-0.1, -0.05) is 120 Å². The van der Waals surface area contributed by atoms with Gasteiger partial charge in [-0.25, -0.2) is 0 Å². The molecule has 12 nitrogen and oxygen atoms in total. The van der Waals surface area contributed by atoms with E-state index in [1.165, 1.54) is 23.3 Å². The van der Waals surface area contributed by atoms with Crippen LogP contribution >= 0.6 is 0 Å². The molecule has 11 unspecified atom stereocenters. The predicted octanol–water partition coefficient (Wildman–Crippen LogP) is 8.08. The van der Waals surface area contributed by atoms with Crippen molar-refractivity contribution in [2.45, 2.75) is 191 Å². The fourth-order valence-electron chi connectivity index (χ4n) is 13.1. The van der Waals surface area contributed by atoms with E-state index in [-0.39, 0.29) is 50.0 Å². The summed E-state index contributed by atoms with van der Waals surface area (Å²) in [5.41, 5.74) is 3.29. The van der Waals surface area contributed by atoms with Crippen molar-refractivity contribution in [1.82, 2.24) is 15.3 Å². The van der Waals surface area contributed by atoms with Crippen LogP contribution in [0.15, 0.2) is 60.2 Å². The quantitative estimate of drug-likeness (QED) is 0.0858. The molecule has 7 fully saturated rings. The number of benzene rings is 2. The second-order valence-corrected chi connectivity index (χ2v) is 21.7. The summed E-state index contributed by atoms with van der Waals surface area (Å²) in [5, 5.41) is 14.2. The smallest absolute Gasteiger partial charge is 0.327 e.